The molecule has 0 aliphatic rings. The number of hydrogen-bond acceptors (Lipinski definition) is 6. The molecule has 0 fully saturated rings. The van der Waals surface area contributed by atoms with Crippen LogP contribution in [0.15, 0.2) is 180 Å². The van der Waals surface area contributed by atoms with Crippen LogP contribution in [0.25, 0.3) is 99.7 Å². The van der Waals surface area contributed by atoms with E-state index in [4.69, 9.17) is 9.97 Å². The second-order valence-electron chi connectivity index (χ2n) is 13.3. The number of pyridine rings is 2. The highest BCUT2D eigenvalue weighted by Crippen LogP contribution is 2.46. The van der Waals surface area contributed by atoms with Gasteiger partial charge >= 0.3 is 0 Å². The molecular formula is C48H30N4S2. The van der Waals surface area contributed by atoms with Gasteiger partial charge in [-0.3, -0.25) is 9.97 Å². The van der Waals surface area contributed by atoms with E-state index in [2.05, 4.69) is 154 Å². The van der Waals surface area contributed by atoms with Crippen molar-refractivity contribution in [3.8, 4) is 78.1 Å². The number of fused-ring (bicyclic) bond motifs is 2. The van der Waals surface area contributed by atoms with E-state index in [1.165, 1.54) is 22.3 Å². The van der Waals surface area contributed by atoms with Gasteiger partial charge in [0.25, 0.3) is 0 Å². The van der Waals surface area contributed by atoms with Crippen molar-refractivity contribution in [2.45, 2.75) is 0 Å². The molecule has 4 nitrogen and oxygen atoms in total. The first-order chi connectivity index (χ1) is 26.8. The van der Waals surface area contributed by atoms with Gasteiger partial charge in [-0.25, -0.2) is 9.97 Å². The highest BCUT2D eigenvalue weighted by atomic mass is 32.1. The van der Waals surface area contributed by atoms with Gasteiger partial charge in [0, 0.05) is 57.8 Å². The molecule has 6 aromatic carbocycles. The van der Waals surface area contributed by atoms with Crippen molar-refractivity contribution in [3.63, 3.8) is 0 Å². The standard InChI is InChI=1S/C48H30N4S2/c1-3-9-31(10-4-1)34-17-35(32-11-5-2-6-12-32)19-36(18-34)33-15-16-43-44(22-33)48(40-21-38(24-50-26-40)46-28-54-30-52-46)42-14-8-7-13-41(42)47(43)39-20-37(23-49-25-39)45-27-53-29-51-45/h1-30H. The maximum Gasteiger partial charge on any atom is 0.0826 e. The zero-order valence-corrected chi connectivity index (χ0v) is 30.6. The molecule has 0 atom stereocenters. The summed E-state index contributed by atoms with van der Waals surface area (Å²) in [4.78, 5) is 18.7. The number of thiazole rings is 2. The molecule has 10 rings (SSSR count). The summed E-state index contributed by atoms with van der Waals surface area (Å²) >= 11 is 3.18. The molecule has 0 radical (unpaired) electrons. The predicted octanol–water partition coefficient (Wildman–Crippen LogP) is 13.4. The molecule has 0 bridgehead atoms. The summed E-state index contributed by atoms with van der Waals surface area (Å²) in [5.74, 6) is 0. The Morgan fingerprint density at radius 3 is 1.24 bits per heavy atom. The lowest BCUT2D eigenvalue weighted by molar-refractivity contribution is 1.31. The third-order valence-electron chi connectivity index (χ3n) is 10.0. The Bertz CT molecular complexity index is 2860. The van der Waals surface area contributed by atoms with Crippen molar-refractivity contribution in [1.82, 2.24) is 19.9 Å². The highest BCUT2D eigenvalue weighted by Gasteiger charge is 2.20. The molecule has 4 aromatic heterocycles. The molecule has 0 aliphatic carbocycles. The molecule has 0 N–H and O–H groups in total. The van der Waals surface area contributed by atoms with Gasteiger partial charge < -0.3 is 0 Å². The first-order valence-corrected chi connectivity index (χ1v) is 19.6. The Morgan fingerprint density at radius 2 is 0.741 bits per heavy atom. The number of rotatable bonds is 7. The second kappa shape index (κ2) is 13.7. The SMILES string of the molecule is c1ccc(-c2cc(-c3ccccc3)cc(-c3ccc4c(-c5cncc(-c6cscn6)c5)c5ccccc5c(-c5cncc(-c6cscn6)c5)c4c3)c2)cc1. The lowest BCUT2D eigenvalue weighted by Crippen LogP contribution is -1.94. The van der Waals surface area contributed by atoms with Crippen LogP contribution in [0.3, 0.4) is 0 Å². The van der Waals surface area contributed by atoms with Gasteiger partial charge in [0.1, 0.15) is 0 Å². The van der Waals surface area contributed by atoms with E-state index < -0.39 is 0 Å². The molecular weight excluding hydrogens is 697 g/mol. The second-order valence-corrected chi connectivity index (χ2v) is 14.7. The normalized spacial score (nSPS) is 11.3. The van der Waals surface area contributed by atoms with Crippen molar-refractivity contribution in [1.29, 1.82) is 0 Å². The van der Waals surface area contributed by atoms with Crippen molar-refractivity contribution in [2.24, 2.45) is 0 Å². The Balaban J connectivity index is 1.27. The summed E-state index contributed by atoms with van der Waals surface area (Å²) < 4.78 is 0. The van der Waals surface area contributed by atoms with Crippen LogP contribution in [-0.4, -0.2) is 19.9 Å². The van der Waals surface area contributed by atoms with Crippen LogP contribution < -0.4 is 0 Å². The summed E-state index contributed by atoms with van der Waals surface area (Å²) in [5, 5.41) is 8.74. The lowest BCUT2D eigenvalue weighted by atomic mass is 9.84. The summed E-state index contributed by atoms with van der Waals surface area (Å²) in [7, 11) is 0. The van der Waals surface area contributed by atoms with Crippen LogP contribution in [0.1, 0.15) is 0 Å². The molecule has 0 amide bonds. The molecule has 0 unspecified atom stereocenters. The Hall–Kier alpha value is -6.60. The smallest absolute Gasteiger partial charge is 0.0826 e. The van der Waals surface area contributed by atoms with Crippen LogP contribution in [0.4, 0.5) is 0 Å². The van der Waals surface area contributed by atoms with Gasteiger partial charge in [0.05, 0.1) is 22.4 Å². The fourth-order valence-corrected chi connectivity index (χ4v) is 8.63. The first kappa shape index (κ1) is 32.1. The molecule has 54 heavy (non-hydrogen) atoms. The van der Waals surface area contributed by atoms with Crippen molar-refractivity contribution in [3.05, 3.63) is 180 Å². The fraction of sp³-hybridized carbons (Fsp3) is 0. The van der Waals surface area contributed by atoms with E-state index in [9.17, 15) is 0 Å². The van der Waals surface area contributed by atoms with E-state index in [0.29, 0.717) is 0 Å². The van der Waals surface area contributed by atoms with Crippen molar-refractivity contribution in [2.75, 3.05) is 0 Å². The largest absolute Gasteiger partial charge is 0.263 e. The van der Waals surface area contributed by atoms with Crippen molar-refractivity contribution < 1.29 is 0 Å². The van der Waals surface area contributed by atoms with E-state index >= 15 is 0 Å². The third-order valence-corrected chi connectivity index (χ3v) is 11.2. The number of benzene rings is 6. The lowest BCUT2D eigenvalue weighted by Gasteiger charge is -2.19. The molecule has 4 heterocycles. The minimum absolute atomic E-state index is 0.927. The Morgan fingerprint density at radius 1 is 0.315 bits per heavy atom. The summed E-state index contributed by atoms with van der Waals surface area (Å²) in [6.45, 7) is 0. The van der Waals surface area contributed by atoms with E-state index in [-0.39, 0.29) is 0 Å². The Kier molecular flexibility index (Phi) is 8.17. The minimum atomic E-state index is 0.927. The average molecular weight is 727 g/mol. The number of nitrogens with zero attached hydrogens (tertiary/aromatic N) is 4. The highest BCUT2D eigenvalue weighted by molar-refractivity contribution is 7.08. The summed E-state index contributed by atoms with van der Waals surface area (Å²) in [5.41, 5.74) is 19.0. The fourth-order valence-electron chi connectivity index (χ4n) is 7.51. The summed E-state index contributed by atoms with van der Waals surface area (Å²) in [6.07, 6.45) is 7.76. The third kappa shape index (κ3) is 5.88. The van der Waals surface area contributed by atoms with E-state index in [1.807, 2.05) is 35.8 Å². The van der Waals surface area contributed by atoms with Crippen LogP contribution in [-0.2, 0) is 0 Å². The predicted molar refractivity (Wildman–Crippen MR) is 226 cm³/mol. The zero-order chi connectivity index (χ0) is 35.8. The van der Waals surface area contributed by atoms with Crippen LogP contribution in [0.2, 0.25) is 0 Å². The molecule has 0 aliphatic heterocycles. The Labute approximate surface area is 320 Å². The first-order valence-electron chi connectivity index (χ1n) is 17.7. The molecule has 10 aromatic rings. The molecule has 0 saturated carbocycles. The van der Waals surface area contributed by atoms with Crippen molar-refractivity contribution >= 4 is 44.2 Å². The van der Waals surface area contributed by atoms with Crippen LogP contribution >= 0.6 is 22.7 Å². The minimum Gasteiger partial charge on any atom is -0.263 e. The number of hydrogen-bond donors (Lipinski definition) is 0. The quantitative estimate of drug-likeness (QED) is 0.153. The van der Waals surface area contributed by atoms with Gasteiger partial charge in [-0.05, 0) is 102 Å². The van der Waals surface area contributed by atoms with Gasteiger partial charge in [0.2, 0.25) is 0 Å². The van der Waals surface area contributed by atoms with Gasteiger partial charge in [-0.2, -0.15) is 0 Å². The summed E-state index contributed by atoms with van der Waals surface area (Å²) in [6, 6.07) is 48.3. The molecule has 6 heteroatoms. The molecule has 254 valence electrons. The maximum absolute atomic E-state index is 4.77. The van der Waals surface area contributed by atoms with E-state index in [0.717, 1.165) is 77.4 Å². The topological polar surface area (TPSA) is 51.6 Å². The zero-order valence-electron chi connectivity index (χ0n) is 28.9. The van der Waals surface area contributed by atoms with Crippen LogP contribution in [0, 0.1) is 0 Å². The van der Waals surface area contributed by atoms with Gasteiger partial charge in [0.15, 0.2) is 0 Å². The molecule has 0 spiro atoms. The average Bonchev–Trinajstić information content (AvgIpc) is 4.00. The number of aromatic nitrogens is 4. The monoisotopic (exact) mass is 726 g/mol. The van der Waals surface area contributed by atoms with Crippen LogP contribution in [0.5, 0.6) is 0 Å². The van der Waals surface area contributed by atoms with Gasteiger partial charge in [-0.1, -0.05) is 97.1 Å². The van der Waals surface area contributed by atoms with E-state index in [1.54, 1.807) is 22.7 Å². The maximum atomic E-state index is 4.77. The van der Waals surface area contributed by atoms with Gasteiger partial charge in [-0.15, -0.1) is 22.7 Å². The molecule has 0 saturated heterocycles.